The summed E-state index contributed by atoms with van der Waals surface area (Å²) in [7, 11) is 0. The van der Waals surface area contributed by atoms with Gasteiger partial charge in [-0.2, -0.15) is 0 Å². The molecule has 2 fully saturated rings. The van der Waals surface area contributed by atoms with Gasteiger partial charge >= 0.3 is 5.63 Å². The molecule has 4 heterocycles. The van der Waals surface area contributed by atoms with Gasteiger partial charge in [0.15, 0.2) is 0 Å². The minimum Gasteiger partial charge on any atom is -0.427 e. The van der Waals surface area contributed by atoms with Crippen molar-refractivity contribution in [2.75, 3.05) is 44.2 Å². The van der Waals surface area contributed by atoms with Crippen LogP contribution in [0.2, 0.25) is 0 Å². The Hall–Kier alpha value is -2.74. The Morgan fingerprint density at radius 2 is 2.00 bits per heavy atom. The topological polar surface area (TPSA) is 91.6 Å². The van der Waals surface area contributed by atoms with Crippen LogP contribution in [0.4, 0.5) is 5.95 Å². The molecule has 0 spiro atoms. The van der Waals surface area contributed by atoms with E-state index in [4.69, 9.17) is 4.42 Å². The zero-order chi connectivity index (χ0) is 20.2. The maximum absolute atomic E-state index is 13.1. The number of hydrogen-bond acceptors (Lipinski definition) is 7. The van der Waals surface area contributed by atoms with Gasteiger partial charge in [0.1, 0.15) is 11.3 Å². The minimum absolute atomic E-state index is 0.155. The van der Waals surface area contributed by atoms with Crippen molar-refractivity contribution in [3.63, 3.8) is 0 Å². The molecule has 1 unspecified atom stereocenters. The van der Waals surface area contributed by atoms with Gasteiger partial charge in [-0.25, -0.2) is 14.8 Å². The van der Waals surface area contributed by atoms with Crippen LogP contribution in [0, 0.1) is 6.92 Å². The van der Waals surface area contributed by atoms with Gasteiger partial charge in [-0.05, 0) is 50.4 Å². The van der Waals surface area contributed by atoms with Crippen LogP contribution in [0.1, 0.15) is 46.9 Å². The molecule has 1 amide bonds. The molecule has 154 valence electrons. The van der Waals surface area contributed by atoms with E-state index in [0.29, 0.717) is 36.9 Å². The molecule has 1 N–H and O–H groups in total. The number of amides is 1. The van der Waals surface area contributed by atoms with Gasteiger partial charge in [-0.15, -0.1) is 0 Å². The fraction of sp³-hybridized carbons (Fsp3) is 0.524. The van der Waals surface area contributed by atoms with Gasteiger partial charge in [0.25, 0.3) is 5.91 Å². The smallest absolute Gasteiger partial charge is 0.349 e. The second-order valence-corrected chi connectivity index (χ2v) is 7.72. The second kappa shape index (κ2) is 8.73. The normalized spacial score (nSPS) is 20.4. The number of carbonyl (C=O) groups is 1. The second-order valence-electron chi connectivity index (χ2n) is 7.72. The van der Waals surface area contributed by atoms with Crippen molar-refractivity contribution in [2.24, 2.45) is 0 Å². The number of aryl methyl sites for hydroxylation is 1. The summed E-state index contributed by atoms with van der Waals surface area (Å²) in [5.41, 5.74) is 0.323. The number of nitrogens with one attached hydrogen (secondary N) is 1. The summed E-state index contributed by atoms with van der Waals surface area (Å²) < 4.78 is 5.59. The van der Waals surface area contributed by atoms with E-state index in [1.807, 2.05) is 13.0 Å². The van der Waals surface area contributed by atoms with Crippen LogP contribution in [-0.4, -0.2) is 60.0 Å². The molecule has 4 rings (SSSR count). The van der Waals surface area contributed by atoms with E-state index in [2.05, 4.69) is 20.2 Å². The highest BCUT2D eigenvalue weighted by atomic mass is 16.4. The highest BCUT2D eigenvalue weighted by Gasteiger charge is 2.27. The molecule has 0 aliphatic carbocycles. The minimum atomic E-state index is -0.525. The van der Waals surface area contributed by atoms with E-state index in [1.165, 1.54) is 0 Å². The Morgan fingerprint density at radius 1 is 1.17 bits per heavy atom. The maximum atomic E-state index is 13.1. The average Bonchev–Trinajstić information content (AvgIpc) is 3.01. The maximum Gasteiger partial charge on any atom is 0.349 e. The van der Waals surface area contributed by atoms with Crippen LogP contribution in [0.25, 0.3) is 0 Å². The molecule has 8 nitrogen and oxygen atoms in total. The number of aromatic nitrogens is 2. The molecule has 8 heteroatoms. The van der Waals surface area contributed by atoms with Crippen LogP contribution in [-0.2, 0) is 0 Å². The van der Waals surface area contributed by atoms with Gasteiger partial charge < -0.3 is 19.5 Å². The van der Waals surface area contributed by atoms with E-state index in [1.54, 1.807) is 23.4 Å². The van der Waals surface area contributed by atoms with Gasteiger partial charge in [0.2, 0.25) is 5.95 Å². The van der Waals surface area contributed by atoms with E-state index in [9.17, 15) is 9.59 Å². The molecule has 1 atom stereocenters. The van der Waals surface area contributed by atoms with E-state index < -0.39 is 5.63 Å². The lowest BCUT2D eigenvalue weighted by Crippen LogP contribution is -2.38. The van der Waals surface area contributed by atoms with Crippen LogP contribution >= 0.6 is 0 Å². The van der Waals surface area contributed by atoms with Crippen molar-refractivity contribution in [2.45, 2.75) is 32.1 Å². The summed E-state index contributed by atoms with van der Waals surface area (Å²) in [6.07, 6.45) is 6.28. The molecular weight excluding hydrogens is 370 g/mol. The highest BCUT2D eigenvalue weighted by molar-refractivity contribution is 5.95. The fourth-order valence-corrected chi connectivity index (χ4v) is 4.12. The fourth-order valence-electron chi connectivity index (χ4n) is 4.12. The van der Waals surface area contributed by atoms with E-state index >= 15 is 0 Å². The largest absolute Gasteiger partial charge is 0.427 e. The first kappa shape index (κ1) is 19.6. The Kier molecular flexibility index (Phi) is 5.89. The van der Waals surface area contributed by atoms with Crippen molar-refractivity contribution in [1.82, 2.24) is 20.2 Å². The van der Waals surface area contributed by atoms with Gasteiger partial charge in [-0.1, -0.05) is 0 Å². The molecule has 2 saturated heterocycles. The first-order valence-electron chi connectivity index (χ1n) is 10.3. The molecule has 0 saturated carbocycles. The Labute approximate surface area is 169 Å². The number of hydrogen-bond donors (Lipinski definition) is 1. The van der Waals surface area contributed by atoms with Crippen LogP contribution in [0.3, 0.4) is 0 Å². The van der Waals surface area contributed by atoms with Crippen LogP contribution < -0.4 is 15.8 Å². The Morgan fingerprint density at radius 3 is 2.72 bits per heavy atom. The zero-order valence-electron chi connectivity index (χ0n) is 16.8. The zero-order valence-corrected chi connectivity index (χ0v) is 16.8. The van der Waals surface area contributed by atoms with E-state index in [0.717, 1.165) is 38.9 Å². The predicted molar refractivity (Wildman–Crippen MR) is 109 cm³/mol. The lowest BCUT2D eigenvalue weighted by molar-refractivity contribution is 0.0761. The number of anilines is 1. The van der Waals surface area contributed by atoms with Crippen molar-refractivity contribution in [3.05, 3.63) is 51.8 Å². The Bertz CT molecular complexity index is 908. The molecule has 0 aromatic carbocycles. The quantitative estimate of drug-likeness (QED) is 0.840. The third-order valence-electron chi connectivity index (χ3n) is 5.70. The van der Waals surface area contributed by atoms with Crippen molar-refractivity contribution in [1.29, 1.82) is 0 Å². The Balaban J connectivity index is 1.49. The molecule has 2 aliphatic rings. The highest BCUT2D eigenvalue weighted by Crippen LogP contribution is 2.24. The van der Waals surface area contributed by atoms with Crippen LogP contribution in [0.5, 0.6) is 0 Å². The molecule has 0 bridgehead atoms. The molecule has 2 aromatic heterocycles. The predicted octanol–water partition coefficient (Wildman–Crippen LogP) is 1.56. The number of carbonyl (C=O) groups excluding carboxylic acids is 1. The molecule has 0 radical (unpaired) electrons. The van der Waals surface area contributed by atoms with Crippen molar-refractivity contribution in [3.8, 4) is 0 Å². The molecule has 2 aliphatic heterocycles. The first-order chi connectivity index (χ1) is 14.1. The van der Waals surface area contributed by atoms with Gasteiger partial charge in [0, 0.05) is 51.0 Å². The van der Waals surface area contributed by atoms with Crippen molar-refractivity contribution >= 4 is 11.9 Å². The average molecular weight is 397 g/mol. The number of nitrogens with zero attached hydrogens (tertiary/aromatic N) is 4. The van der Waals surface area contributed by atoms with Crippen molar-refractivity contribution < 1.29 is 9.21 Å². The summed E-state index contributed by atoms with van der Waals surface area (Å²) in [5, 5.41) is 3.33. The molecule has 29 heavy (non-hydrogen) atoms. The summed E-state index contributed by atoms with van der Waals surface area (Å²) in [6, 6.07) is 3.65. The summed E-state index contributed by atoms with van der Waals surface area (Å²) in [4.78, 5) is 38.2. The summed E-state index contributed by atoms with van der Waals surface area (Å²) >= 11 is 0. The lowest BCUT2D eigenvalue weighted by Gasteiger charge is -2.24. The number of piperidine rings is 1. The van der Waals surface area contributed by atoms with E-state index in [-0.39, 0.29) is 17.4 Å². The van der Waals surface area contributed by atoms with Crippen LogP contribution in [0.15, 0.2) is 33.7 Å². The number of rotatable bonds is 3. The third-order valence-corrected chi connectivity index (χ3v) is 5.70. The summed E-state index contributed by atoms with van der Waals surface area (Å²) in [5.74, 6) is 1.29. The SMILES string of the molecule is Cc1cc(C2CCCNC2)oc(=O)c1C(=O)N1CCCN(c2ncccn2)CC1. The van der Waals surface area contributed by atoms with Gasteiger partial charge in [-0.3, -0.25) is 4.79 Å². The first-order valence-corrected chi connectivity index (χ1v) is 10.3. The third kappa shape index (κ3) is 4.32. The van der Waals surface area contributed by atoms with Gasteiger partial charge in [0.05, 0.1) is 0 Å². The molecular formula is C21H27N5O3. The monoisotopic (exact) mass is 397 g/mol. The summed E-state index contributed by atoms with van der Waals surface area (Å²) in [6.45, 7) is 6.14. The molecule has 2 aromatic rings. The lowest BCUT2D eigenvalue weighted by atomic mass is 9.95. The standard InChI is InChI=1S/C21H27N5O3/c1-15-13-17(16-5-2-6-22-14-16)29-20(28)18(15)19(27)25-9-4-10-26(12-11-25)21-23-7-3-8-24-21/h3,7-8,13,16,22H,2,4-6,9-12,14H2,1H3.